The molecule has 1 aromatic heterocycles. The Kier molecular flexibility index (Phi) is 3.96. The van der Waals surface area contributed by atoms with Gasteiger partial charge in [-0.1, -0.05) is 24.3 Å². The van der Waals surface area contributed by atoms with Gasteiger partial charge in [-0.15, -0.1) is 0 Å². The van der Waals surface area contributed by atoms with Crippen molar-refractivity contribution in [2.45, 2.75) is 0 Å². The van der Waals surface area contributed by atoms with Gasteiger partial charge in [-0.05, 0) is 18.2 Å². The van der Waals surface area contributed by atoms with Crippen LogP contribution in [0, 0.1) is 0 Å². The minimum atomic E-state index is 0. The van der Waals surface area contributed by atoms with E-state index in [2.05, 4.69) is 0 Å². The fourth-order valence-corrected chi connectivity index (χ4v) is 1.89. The Hall–Kier alpha value is -0.719. The molecule has 82 valence electrons. The van der Waals surface area contributed by atoms with Gasteiger partial charge in [0.2, 0.25) is 0 Å². The van der Waals surface area contributed by atoms with Crippen LogP contribution in [0.4, 0.5) is 0 Å². The van der Waals surface area contributed by atoms with Gasteiger partial charge in [-0.25, -0.2) is 0 Å². The van der Waals surface area contributed by atoms with Crippen LogP contribution in [-0.4, -0.2) is 55.4 Å². The average Bonchev–Trinajstić information content (AvgIpc) is 2.68. The first-order valence-corrected chi connectivity index (χ1v) is 4.91. The fraction of sp³-hybridized carbons (Fsp3) is 0. The molecule has 0 bridgehead atoms. The molecule has 0 aliphatic rings. The van der Waals surface area contributed by atoms with E-state index in [1.807, 2.05) is 30.3 Å². The molecule has 0 atom stereocenters. The van der Waals surface area contributed by atoms with Gasteiger partial charge in [0.15, 0.2) is 0 Å². The van der Waals surface area contributed by atoms with Gasteiger partial charge in [0, 0.05) is 5.39 Å². The number of furan rings is 1. The third-order valence-corrected chi connectivity index (χ3v) is 2.54. The predicted molar refractivity (Wildman–Crippen MR) is 69.0 cm³/mol. The summed E-state index contributed by atoms with van der Waals surface area (Å²) in [6.07, 6.45) is 0. The van der Waals surface area contributed by atoms with E-state index < -0.39 is 0 Å². The Morgan fingerprint density at radius 1 is 1.00 bits per heavy atom. The van der Waals surface area contributed by atoms with E-state index in [0.29, 0.717) is 12.2 Å². The summed E-state index contributed by atoms with van der Waals surface area (Å²) >= 11 is 0. The third kappa shape index (κ3) is 2.17. The molecule has 1 heterocycles. The van der Waals surface area contributed by atoms with Crippen molar-refractivity contribution >= 4 is 77.3 Å². The van der Waals surface area contributed by atoms with Crippen molar-refractivity contribution in [3.63, 3.8) is 0 Å². The molecule has 4 heteroatoms. The quantitative estimate of drug-likeness (QED) is 0.525. The summed E-state index contributed by atoms with van der Waals surface area (Å²) in [5.41, 5.74) is 1.51. The summed E-state index contributed by atoms with van der Waals surface area (Å²) < 4.78 is 10.6. The molecule has 0 fully saturated rings. The summed E-state index contributed by atoms with van der Waals surface area (Å²) in [6, 6.07) is 13.1. The molecule has 0 radical (unpaired) electrons. The maximum atomic E-state index is 10.4. The summed E-state index contributed by atoms with van der Waals surface area (Å²) in [6.45, 7) is 0.427. The van der Waals surface area contributed by atoms with Crippen molar-refractivity contribution in [1.82, 2.24) is 0 Å². The van der Waals surface area contributed by atoms with Gasteiger partial charge in [-0.2, -0.15) is 0 Å². The number of hydrogen-bond acceptors (Lipinski definition) is 3. The fourth-order valence-electron chi connectivity index (χ4n) is 1.89. The van der Waals surface area contributed by atoms with Crippen LogP contribution in [0.25, 0.3) is 21.9 Å². The normalized spacial score (nSPS) is 10.1. The molecule has 3 rings (SSSR count). The number of benzene rings is 2. The second-order valence-corrected chi connectivity index (χ2v) is 3.44. The topological polar surface area (TPSA) is 39.4 Å². The van der Waals surface area contributed by atoms with E-state index in [9.17, 15) is 4.79 Å². The van der Waals surface area contributed by atoms with Crippen LogP contribution in [0.2, 0.25) is 0 Å². The number of rotatable bonds is 2. The summed E-state index contributed by atoms with van der Waals surface area (Å²) in [5.74, 6) is 0.525. The monoisotopic (exact) mass is 352 g/mol. The zero-order valence-electron chi connectivity index (χ0n) is 8.34. The maximum absolute atomic E-state index is 10.4. The van der Waals surface area contributed by atoms with Crippen molar-refractivity contribution in [2.75, 3.05) is 0 Å². The molecule has 0 amide bonds. The van der Waals surface area contributed by atoms with Crippen molar-refractivity contribution < 1.29 is 13.9 Å². The first-order valence-electron chi connectivity index (χ1n) is 4.91. The van der Waals surface area contributed by atoms with Crippen molar-refractivity contribution in [2.24, 2.45) is 0 Å². The van der Waals surface area contributed by atoms with Crippen LogP contribution in [0.1, 0.15) is 0 Å². The number of ether oxygens (including phenoxy) is 1. The second-order valence-electron chi connectivity index (χ2n) is 3.44. The third-order valence-electron chi connectivity index (χ3n) is 2.54. The molecule has 17 heavy (non-hydrogen) atoms. The molecule has 0 N–H and O–H groups in total. The molecule has 3 nitrogen and oxygen atoms in total. The van der Waals surface area contributed by atoms with E-state index in [0.717, 1.165) is 21.9 Å². The van der Waals surface area contributed by atoms with E-state index >= 15 is 0 Å². The Morgan fingerprint density at radius 3 is 2.59 bits per heavy atom. The first-order chi connectivity index (χ1) is 7.90. The predicted octanol–water partition coefficient (Wildman–Crippen LogP) is 2.21. The summed E-state index contributed by atoms with van der Waals surface area (Å²) in [5, 5.41) is 1.79. The van der Waals surface area contributed by atoms with E-state index in [4.69, 9.17) is 9.15 Å². The van der Waals surface area contributed by atoms with Gasteiger partial charge in [0.25, 0.3) is 6.47 Å². The molecular weight excluding hydrogens is 341 g/mol. The van der Waals surface area contributed by atoms with Gasteiger partial charge in [0.05, 0.1) is 5.39 Å². The van der Waals surface area contributed by atoms with Gasteiger partial charge < -0.3 is 9.15 Å². The molecule has 0 aliphatic carbocycles. The van der Waals surface area contributed by atoms with Crippen LogP contribution in [0.3, 0.4) is 0 Å². The standard InChI is InChI=1S/C13H8O3.Ba.2H/c14-8-15-11-6-3-7-12-13(11)9-4-1-2-5-10(9)16-12;;;/h1-8H;;;. The average molecular weight is 352 g/mol. The van der Waals surface area contributed by atoms with Gasteiger partial charge in [-0.3, -0.25) is 4.79 Å². The van der Waals surface area contributed by atoms with E-state index in [-0.39, 0.29) is 48.9 Å². The van der Waals surface area contributed by atoms with E-state index in [1.54, 1.807) is 12.1 Å². The Morgan fingerprint density at radius 2 is 1.76 bits per heavy atom. The number of para-hydroxylation sites is 1. The van der Waals surface area contributed by atoms with Crippen LogP contribution in [-0.2, 0) is 4.79 Å². The van der Waals surface area contributed by atoms with Crippen molar-refractivity contribution in [3.8, 4) is 5.75 Å². The first kappa shape index (κ1) is 12.7. The second kappa shape index (κ2) is 5.29. The molecule has 0 spiro atoms. The van der Waals surface area contributed by atoms with Crippen LogP contribution >= 0.6 is 0 Å². The Balaban J connectivity index is 0.00000108. The number of fused-ring (bicyclic) bond motifs is 3. The Labute approximate surface area is 138 Å². The Bertz CT molecular complexity index is 673. The van der Waals surface area contributed by atoms with Crippen LogP contribution < -0.4 is 4.74 Å². The summed E-state index contributed by atoms with van der Waals surface area (Å²) in [7, 11) is 0. The van der Waals surface area contributed by atoms with Gasteiger partial charge >= 0.3 is 48.9 Å². The van der Waals surface area contributed by atoms with Crippen LogP contribution in [0.15, 0.2) is 46.9 Å². The zero-order chi connectivity index (χ0) is 11.0. The van der Waals surface area contributed by atoms with E-state index in [1.165, 1.54) is 0 Å². The molecule has 0 aliphatic heterocycles. The molecule has 0 unspecified atom stereocenters. The van der Waals surface area contributed by atoms with Crippen LogP contribution in [0.5, 0.6) is 5.75 Å². The molecule has 2 aromatic carbocycles. The molecule has 0 saturated heterocycles. The van der Waals surface area contributed by atoms with Crippen molar-refractivity contribution in [3.05, 3.63) is 42.5 Å². The molecule has 3 aromatic rings. The molecule has 0 saturated carbocycles. The number of carbonyl (C=O) groups excluding carboxylic acids is 1. The summed E-state index contributed by atoms with van der Waals surface area (Å²) in [4.78, 5) is 10.4. The SMILES string of the molecule is O=COc1cccc2oc3ccccc3c12.[BaH2]. The minimum absolute atomic E-state index is 0. The van der Waals surface area contributed by atoms with Crippen molar-refractivity contribution in [1.29, 1.82) is 0 Å². The molecular formula is C13H10BaO3. The van der Waals surface area contributed by atoms with Gasteiger partial charge in [0.1, 0.15) is 16.9 Å². The number of hydrogen-bond donors (Lipinski definition) is 0. The number of carbonyl (C=O) groups is 1. The zero-order valence-corrected chi connectivity index (χ0v) is 8.34.